The lowest BCUT2D eigenvalue weighted by molar-refractivity contribution is 0.246. The standard InChI is InChI=1S/C12H20N4O/c1-4-9-6-8(3)11(10(5-2)7-9)16(14)12(17)15-13/h6-7H,4-5,13-14H2,1-3H3,(H,15,17). The maximum Gasteiger partial charge on any atom is 0.350 e. The monoisotopic (exact) mass is 236 g/mol. The molecule has 0 unspecified atom stereocenters. The quantitative estimate of drug-likeness (QED) is 0.421. The highest BCUT2D eigenvalue weighted by atomic mass is 16.2. The van der Waals surface area contributed by atoms with E-state index in [-0.39, 0.29) is 0 Å². The van der Waals surface area contributed by atoms with Gasteiger partial charge in [0, 0.05) is 0 Å². The Morgan fingerprint density at radius 3 is 2.47 bits per heavy atom. The Hall–Kier alpha value is -1.59. The third-order valence-corrected chi connectivity index (χ3v) is 2.81. The van der Waals surface area contributed by atoms with Crippen molar-refractivity contribution in [2.75, 3.05) is 5.01 Å². The number of amides is 2. The summed E-state index contributed by atoms with van der Waals surface area (Å²) in [5, 5.41) is 1.06. The Bertz CT molecular complexity index is 417. The number of nitrogens with one attached hydrogen (secondary N) is 1. The van der Waals surface area contributed by atoms with Crippen LogP contribution in [0.3, 0.4) is 0 Å². The molecule has 0 saturated heterocycles. The van der Waals surface area contributed by atoms with Crippen molar-refractivity contribution in [2.45, 2.75) is 33.6 Å². The van der Waals surface area contributed by atoms with E-state index in [0.717, 1.165) is 34.7 Å². The number of aryl methyl sites for hydroxylation is 3. The van der Waals surface area contributed by atoms with Crippen molar-refractivity contribution in [3.63, 3.8) is 0 Å². The van der Waals surface area contributed by atoms with Gasteiger partial charge in [0.2, 0.25) is 0 Å². The van der Waals surface area contributed by atoms with Crippen LogP contribution in [-0.2, 0) is 12.8 Å². The van der Waals surface area contributed by atoms with Crippen molar-refractivity contribution < 1.29 is 4.79 Å². The molecule has 0 saturated carbocycles. The van der Waals surface area contributed by atoms with Gasteiger partial charge in [-0.2, -0.15) is 0 Å². The van der Waals surface area contributed by atoms with Crippen molar-refractivity contribution in [2.24, 2.45) is 11.7 Å². The summed E-state index contributed by atoms with van der Waals surface area (Å²) >= 11 is 0. The van der Waals surface area contributed by atoms with E-state index in [2.05, 4.69) is 13.0 Å². The fourth-order valence-electron chi connectivity index (χ4n) is 1.92. The second-order valence-corrected chi connectivity index (χ2v) is 3.95. The molecule has 0 atom stereocenters. The summed E-state index contributed by atoms with van der Waals surface area (Å²) in [7, 11) is 0. The first-order valence-electron chi connectivity index (χ1n) is 5.72. The normalized spacial score (nSPS) is 10.2. The van der Waals surface area contributed by atoms with Crippen molar-refractivity contribution >= 4 is 11.7 Å². The van der Waals surface area contributed by atoms with Crippen LogP contribution in [0.2, 0.25) is 0 Å². The fourth-order valence-corrected chi connectivity index (χ4v) is 1.92. The number of urea groups is 1. The number of benzene rings is 1. The van der Waals surface area contributed by atoms with Crippen LogP contribution in [0.4, 0.5) is 10.5 Å². The maximum atomic E-state index is 11.5. The first-order chi connectivity index (χ1) is 8.04. The Balaban J connectivity index is 3.27. The molecule has 0 spiro atoms. The first kappa shape index (κ1) is 13.5. The van der Waals surface area contributed by atoms with Crippen LogP contribution >= 0.6 is 0 Å². The minimum Gasteiger partial charge on any atom is -0.274 e. The van der Waals surface area contributed by atoms with E-state index in [1.807, 2.05) is 25.3 Å². The van der Waals surface area contributed by atoms with E-state index in [4.69, 9.17) is 11.7 Å². The summed E-state index contributed by atoms with van der Waals surface area (Å²) in [6, 6.07) is 3.59. The number of rotatable bonds is 3. The molecule has 0 aromatic heterocycles. The van der Waals surface area contributed by atoms with Crippen molar-refractivity contribution in [1.29, 1.82) is 0 Å². The van der Waals surface area contributed by atoms with Crippen LogP contribution in [0.5, 0.6) is 0 Å². The molecule has 0 aliphatic rings. The highest BCUT2D eigenvalue weighted by molar-refractivity contribution is 5.92. The molecule has 0 aliphatic carbocycles. The molecule has 0 bridgehead atoms. The minimum atomic E-state index is -0.521. The second-order valence-electron chi connectivity index (χ2n) is 3.95. The van der Waals surface area contributed by atoms with Gasteiger partial charge in [-0.1, -0.05) is 26.0 Å². The summed E-state index contributed by atoms with van der Waals surface area (Å²) in [6.07, 6.45) is 1.78. The smallest absolute Gasteiger partial charge is 0.274 e. The Kier molecular flexibility index (Phi) is 4.48. The van der Waals surface area contributed by atoms with Gasteiger partial charge in [0.1, 0.15) is 0 Å². The largest absolute Gasteiger partial charge is 0.350 e. The first-order valence-corrected chi connectivity index (χ1v) is 5.72. The van der Waals surface area contributed by atoms with Gasteiger partial charge in [-0.25, -0.2) is 21.5 Å². The predicted molar refractivity (Wildman–Crippen MR) is 69.3 cm³/mol. The molecular weight excluding hydrogens is 216 g/mol. The number of hydrogen-bond acceptors (Lipinski definition) is 3. The predicted octanol–water partition coefficient (Wildman–Crippen LogP) is 1.38. The van der Waals surface area contributed by atoms with E-state index in [9.17, 15) is 4.79 Å². The third kappa shape index (κ3) is 2.75. The lowest BCUT2D eigenvalue weighted by Crippen LogP contribution is -2.48. The van der Waals surface area contributed by atoms with E-state index in [0.29, 0.717) is 0 Å². The molecule has 5 heteroatoms. The second kappa shape index (κ2) is 5.65. The number of anilines is 1. The van der Waals surface area contributed by atoms with Crippen LogP contribution in [0.15, 0.2) is 12.1 Å². The van der Waals surface area contributed by atoms with Crippen LogP contribution in [-0.4, -0.2) is 6.03 Å². The summed E-state index contributed by atoms with van der Waals surface area (Å²) in [5.74, 6) is 10.8. The third-order valence-electron chi connectivity index (χ3n) is 2.81. The number of hydrogen-bond donors (Lipinski definition) is 3. The van der Waals surface area contributed by atoms with Crippen LogP contribution in [0, 0.1) is 6.92 Å². The molecule has 1 rings (SSSR count). The minimum absolute atomic E-state index is 0.521. The zero-order valence-corrected chi connectivity index (χ0v) is 10.6. The molecule has 17 heavy (non-hydrogen) atoms. The van der Waals surface area contributed by atoms with Gasteiger partial charge in [0.05, 0.1) is 5.69 Å². The molecule has 0 heterocycles. The zero-order chi connectivity index (χ0) is 13.0. The molecule has 94 valence electrons. The Morgan fingerprint density at radius 2 is 2.00 bits per heavy atom. The van der Waals surface area contributed by atoms with Crippen LogP contribution < -0.4 is 22.1 Å². The number of hydrazine groups is 2. The SMILES string of the molecule is CCc1cc(C)c(N(N)C(=O)NN)c(CC)c1. The Labute approximate surface area is 102 Å². The average Bonchev–Trinajstić information content (AvgIpc) is 2.35. The molecule has 2 amide bonds. The van der Waals surface area contributed by atoms with E-state index in [1.54, 1.807) is 0 Å². The molecule has 0 fully saturated rings. The summed E-state index contributed by atoms with van der Waals surface area (Å²) < 4.78 is 0. The van der Waals surface area contributed by atoms with Gasteiger partial charge in [-0.15, -0.1) is 0 Å². The number of carbonyl (C=O) groups excluding carboxylic acids is 1. The lowest BCUT2D eigenvalue weighted by Gasteiger charge is -2.22. The summed E-state index contributed by atoms with van der Waals surface area (Å²) in [6.45, 7) is 6.07. The molecule has 5 nitrogen and oxygen atoms in total. The van der Waals surface area contributed by atoms with Gasteiger partial charge >= 0.3 is 6.03 Å². The topological polar surface area (TPSA) is 84.4 Å². The van der Waals surface area contributed by atoms with E-state index in [1.165, 1.54) is 5.56 Å². The van der Waals surface area contributed by atoms with Crippen molar-refractivity contribution in [3.05, 3.63) is 28.8 Å². The maximum absolute atomic E-state index is 11.5. The summed E-state index contributed by atoms with van der Waals surface area (Å²) in [4.78, 5) is 11.5. The molecule has 5 N–H and O–H groups in total. The fraction of sp³-hybridized carbons (Fsp3) is 0.417. The number of nitrogens with two attached hydrogens (primary N) is 2. The van der Waals surface area contributed by atoms with Gasteiger partial charge in [0.15, 0.2) is 0 Å². The van der Waals surface area contributed by atoms with Crippen molar-refractivity contribution in [3.8, 4) is 0 Å². The lowest BCUT2D eigenvalue weighted by atomic mass is 10.00. The van der Waals surface area contributed by atoms with Gasteiger partial charge in [-0.3, -0.25) is 5.43 Å². The number of nitrogens with zero attached hydrogens (tertiary/aromatic N) is 1. The highest BCUT2D eigenvalue weighted by Crippen LogP contribution is 2.26. The molecular formula is C12H20N4O. The van der Waals surface area contributed by atoms with Crippen LogP contribution in [0.25, 0.3) is 0 Å². The molecule has 1 aromatic rings. The zero-order valence-electron chi connectivity index (χ0n) is 10.6. The number of carbonyl (C=O) groups is 1. The highest BCUT2D eigenvalue weighted by Gasteiger charge is 2.16. The van der Waals surface area contributed by atoms with E-state index >= 15 is 0 Å². The molecule has 0 aliphatic heterocycles. The van der Waals surface area contributed by atoms with Crippen molar-refractivity contribution in [1.82, 2.24) is 5.43 Å². The Morgan fingerprint density at radius 1 is 1.35 bits per heavy atom. The molecule has 0 radical (unpaired) electrons. The van der Waals surface area contributed by atoms with Gasteiger partial charge in [-0.05, 0) is 36.5 Å². The molecule has 1 aromatic carbocycles. The van der Waals surface area contributed by atoms with E-state index < -0.39 is 6.03 Å². The summed E-state index contributed by atoms with van der Waals surface area (Å²) in [5.41, 5.74) is 6.03. The van der Waals surface area contributed by atoms with Gasteiger partial charge < -0.3 is 0 Å². The van der Waals surface area contributed by atoms with Crippen LogP contribution in [0.1, 0.15) is 30.5 Å². The van der Waals surface area contributed by atoms with Gasteiger partial charge in [0.25, 0.3) is 0 Å². The average molecular weight is 236 g/mol.